The van der Waals surface area contributed by atoms with Gasteiger partial charge in [-0.2, -0.15) is 0 Å². The van der Waals surface area contributed by atoms with E-state index in [0.717, 1.165) is 11.1 Å². The molecule has 1 aliphatic heterocycles. The van der Waals surface area contributed by atoms with Crippen molar-refractivity contribution in [3.8, 4) is 11.1 Å². The highest BCUT2D eigenvalue weighted by molar-refractivity contribution is 5.98. The Hall–Kier alpha value is -2.95. The van der Waals surface area contributed by atoms with Gasteiger partial charge < -0.3 is 9.47 Å². The number of hydrogen-bond acceptors (Lipinski definition) is 5. The van der Waals surface area contributed by atoms with Gasteiger partial charge in [0.2, 0.25) is 6.10 Å². The smallest absolute Gasteiger partial charge is 0.347 e. The van der Waals surface area contributed by atoms with Crippen molar-refractivity contribution in [2.75, 3.05) is 6.61 Å². The van der Waals surface area contributed by atoms with Gasteiger partial charge in [-0.1, -0.05) is 54.6 Å². The zero-order valence-corrected chi connectivity index (χ0v) is 13.6. The summed E-state index contributed by atoms with van der Waals surface area (Å²) < 4.78 is 9.75. The van der Waals surface area contributed by atoms with E-state index in [1.54, 1.807) is 12.1 Å². The van der Waals surface area contributed by atoms with Crippen LogP contribution in [-0.2, 0) is 19.1 Å². The molecule has 128 valence electrons. The Morgan fingerprint density at radius 3 is 2.28 bits per heavy atom. The average Bonchev–Trinajstić information content (AvgIpc) is 3.05. The lowest BCUT2D eigenvalue weighted by atomic mass is 10.0. The fraction of sp³-hybridized carbons (Fsp3) is 0.250. The summed E-state index contributed by atoms with van der Waals surface area (Å²) in [6.45, 7) is 0.267. The average molecular weight is 338 g/mol. The first-order valence-electron chi connectivity index (χ1n) is 8.18. The van der Waals surface area contributed by atoms with E-state index in [1.165, 1.54) is 0 Å². The highest BCUT2D eigenvalue weighted by atomic mass is 16.6. The normalized spacial score (nSPS) is 16.3. The number of carbonyl (C=O) groups excluding carboxylic acids is 3. The van der Waals surface area contributed by atoms with E-state index in [1.807, 2.05) is 42.5 Å². The third-order valence-corrected chi connectivity index (χ3v) is 4.03. The van der Waals surface area contributed by atoms with Crippen molar-refractivity contribution in [2.24, 2.45) is 0 Å². The molecule has 0 amide bonds. The van der Waals surface area contributed by atoms with Crippen molar-refractivity contribution < 1.29 is 23.9 Å². The maximum Gasteiger partial charge on any atom is 0.347 e. The molecule has 2 aromatic carbocycles. The third kappa shape index (κ3) is 4.32. The zero-order chi connectivity index (χ0) is 17.6. The van der Waals surface area contributed by atoms with Gasteiger partial charge in [-0.25, -0.2) is 4.79 Å². The fourth-order valence-electron chi connectivity index (χ4n) is 2.64. The largest absolute Gasteiger partial charge is 0.463 e. The van der Waals surface area contributed by atoms with Crippen LogP contribution >= 0.6 is 0 Å². The second-order valence-corrected chi connectivity index (χ2v) is 5.80. The van der Waals surface area contributed by atoms with Gasteiger partial charge in [0.05, 0.1) is 13.0 Å². The first-order chi connectivity index (χ1) is 12.1. The van der Waals surface area contributed by atoms with Crippen LogP contribution < -0.4 is 0 Å². The van der Waals surface area contributed by atoms with E-state index >= 15 is 0 Å². The van der Waals surface area contributed by atoms with E-state index in [9.17, 15) is 14.4 Å². The number of ketones is 1. The van der Waals surface area contributed by atoms with Crippen LogP contribution in [0.15, 0.2) is 54.6 Å². The van der Waals surface area contributed by atoms with Gasteiger partial charge in [-0.15, -0.1) is 0 Å². The van der Waals surface area contributed by atoms with Crippen molar-refractivity contribution in [3.05, 3.63) is 60.2 Å². The molecule has 0 bridgehead atoms. The van der Waals surface area contributed by atoms with Crippen LogP contribution in [0.1, 0.15) is 29.6 Å². The Morgan fingerprint density at radius 1 is 0.960 bits per heavy atom. The molecule has 5 heteroatoms. The molecule has 3 rings (SSSR count). The quantitative estimate of drug-likeness (QED) is 0.598. The van der Waals surface area contributed by atoms with Gasteiger partial charge in [0.25, 0.3) is 0 Å². The van der Waals surface area contributed by atoms with Crippen LogP contribution in [0.5, 0.6) is 0 Å². The Bertz CT molecular complexity index is 764. The monoisotopic (exact) mass is 338 g/mol. The van der Waals surface area contributed by atoms with Gasteiger partial charge in [-0.05, 0) is 11.1 Å². The molecule has 1 aliphatic rings. The van der Waals surface area contributed by atoms with Crippen molar-refractivity contribution in [2.45, 2.75) is 25.4 Å². The number of carbonyl (C=O) groups is 3. The van der Waals surface area contributed by atoms with Crippen LogP contribution in [-0.4, -0.2) is 30.4 Å². The van der Waals surface area contributed by atoms with Gasteiger partial charge in [-0.3, -0.25) is 9.59 Å². The summed E-state index contributed by atoms with van der Waals surface area (Å²) in [5.74, 6) is -1.21. The number of benzene rings is 2. The highest BCUT2D eigenvalue weighted by Gasteiger charge is 2.30. The maximum atomic E-state index is 12.2. The molecule has 0 aromatic heterocycles. The summed E-state index contributed by atoms with van der Waals surface area (Å²) in [5, 5.41) is 0. The second-order valence-electron chi connectivity index (χ2n) is 5.80. The zero-order valence-electron chi connectivity index (χ0n) is 13.6. The van der Waals surface area contributed by atoms with Crippen LogP contribution in [0.2, 0.25) is 0 Å². The predicted octanol–water partition coefficient (Wildman–Crippen LogP) is 3.18. The van der Waals surface area contributed by atoms with Crippen LogP contribution in [0.4, 0.5) is 0 Å². The molecule has 2 aromatic rings. The summed E-state index contributed by atoms with van der Waals surface area (Å²) in [5.41, 5.74) is 2.65. The minimum Gasteiger partial charge on any atom is -0.463 e. The van der Waals surface area contributed by atoms with E-state index in [4.69, 9.17) is 9.47 Å². The molecule has 0 aliphatic carbocycles. The molecule has 1 saturated heterocycles. The standard InChI is InChI=1S/C20H18O5/c21-17(10-11-19(22)25-18-12-13-24-20(18)23)16-8-6-15(7-9-16)14-4-2-1-3-5-14/h1-9,18H,10-13H2. The molecule has 0 saturated carbocycles. The lowest BCUT2D eigenvalue weighted by Crippen LogP contribution is -2.22. The topological polar surface area (TPSA) is 69.7 Å². The molecule has 1 fully saturated rings. The molecule has 0 spiro atoms. The fourth-order valence-corrected chi connectivity index (χ4v) is 2.64. The molecule has 1 atom stereocenters. The lowest BCUT2D eigenvalue weighted by molar-refractivity contribution is -0.160. The highest BCUT2D eigenvalue weighted by Crippen LogP contribution is 2.20. The summed E-state index contributed by atoms with van der Waals surface area (Å²) in [6, 6.07) is 17.1. The number of cyclic esters (lactones) is 1. The molecule has 1 heterocycles. The van der Waals surface area contributed by atoms with Crippen molar-refractivity contribution in [3.63, 3.8) is 0 Å². The van der Waals surface area contributed by atoms with Gasteiger partial charge in [0.1, 0.15) is 0 Å². The van der Waals surface area contributed by atoms with Gasteiger partial charge in [0, 0.05) is 18.4 Å². The molecule has 5 nitrogen and oxygen atoms in total. The van der Waals surface area contributed by atoms with Gasteiger partial charge in [0.15, 0.2) is 5.78 Å². The van der Waals surface area contributed by atoms with Crippen molar-refractivity contribution >= 4 is 17.7 Å². The minimum atomic E-state index is -0.826. The van der Waals surface area contributed by atoms with Crippen LogP contribution in [0.3, 0.4) is 0 Å². The van der Waals surface area contributed by atoms with Crippen LogP contribution in [0.25, 0.3) is 11.1 Å². The second kappa shape index (κ2) is 7.75. The number of rotatable bonds is 6. The van der Waals surface area contributed by atoms with Gasteiger partial charge >= 0.3 is 11.9 Å². The lowest BCUT2D eigenvalue weighted by Gasteiger charge is -2.08. The number of Topliss-reactive ketones (excluding diaryl/α,β-unsaturated/α-hetero) is 1. The van der Waals surface area contributed by atoms with E-state index < -0.39 is 18.0 Å². The molecule has 0 N–H and O–H groups in total. The van der Waals surface area contributed by atoms with Crippen molar-refractivity contribution in [1.29, 1.82) is 0 Å². The summed E-state index contributed by atoms with van der Waals surface area (Å²) in [4.78, 5) is 35.2. The molecule has 25 heavy (non-hydrogen) atoms. The minimum absolute atomic E-state index is 0.0469. The number of ether oxygens (including phenoxy) is 2. The predicted molar refractivity (Wildman–Crippen MR) is 90.9 cm³/mol. The van der Waals surface area contributed by atoms with E-state index in [2.05, 4.69) is 0 Å². The molecular weight excluding hydrogens is 320 g/mol. The first kappa shape index (κ1) is 16.9. The molecular formula is C20H18O5. The Morgan fingerprint density at radius 2 is 1.64 bits per heavy atom. The van der Waals surface area contributed by atoms with E-state index in [-0.39, 0.29) is 25.2 Å². The molecule has 0 radical (unpaired) electrons. The maximum absolute atomic E-state index is 12.2. The van der Waals surface area contributed by atoms with Crippen LogP contribution in [0, 0.1) is 0 Å². The summed E-state index contributed by atoms with van der Waals surface area (Å²) in [6.07, 6.45) is -0.457. The first-order valence-corrected chi connectivity index (χ1v) is 8.18. The Balaban J connectivity index is 1.53. The Kier molecular flexibility index (Phi) is 5.23. The van der Waals surface area contributed by atoms with Crippen molar-refractivity contribution in [1.82, 2.24) is 0 Å². The molecule has 1 unspecified atom stereocenters. The SMILES string of the molecule is O=C(CCC(=O)c1ccc(-c2ccccc2)cc1)OC1CCOC1=O. The number of hydrogen-bond donors (Lipinski definition) is 0. The number of esters is 2. The summed E-state index contributed by atoms with van der Waals surface area (Å²) in [7, 11) is 0. The third-order valence-electron chi connectivity index (χ3n) is 4.03. The van der Waals surface area contributed by atoms with E-state index in [0.29, 0.717) is 12.0 Å². The summed E-state index contributed by atoms with van der Waals surface area (Å²) >= 11 is 0. The Labute approximate surface area is 145 Å².